The summed E-state index contributed by atoms with van der Waals surface area (Å²) in [6.45, 7) is 2.38. The molecule has 0 saturated heterocycles. The first-order valence-electron chi connectivity index (χ1n) is 6.68. The number of amides is 2. The van der Waals surface area contributed by atoms with Crippen molar-refractivity contribution in [3.05, 3.63) is 29.8 Å². The molecule has 2 atom stereocenters. The van der Waals surface area contributed by atoms with Crippen LogP contribution in [0, 0.1) is 23.2 Å². The molecule has 1 aliphatic carbocycles. The van der Waals surface area contributed by atoms with Crippen LogP contribution in [0.2, 0.25) is 0 Å². The molecule has 0 unspecified atom stereocenters. The van der Waals surface area contributed by atoms with Gasteiger partial charge >= 0.3 is 0 Å². The van der Waals surface area contributed by atoms with Crippen LogP contribution >= 0.6 is 0 Å². The molecule has 20 heavy (non-hydrogen) atoms. The van der Waals surface area contributed by atoms with Crippen LogP contribution in [0.15, 0.2) is 24.3 Å². The van der Waals surface area contributed by atoms with Gasteiger partial charge in [-0.2, -0.15) is 5.26 Å². The highest BCUT2D eigenvalue weighted by molar-refractivity contribution is 5.91. The van der Waals surface area contributed by atoms with Crippen molar-refractivity contribution in [2.75, 3.05) is 11.9 Å². The molecule has 0 radical (unpaired) electrons. The van der Waals surface area contributed by atoms with Gasteiger partial charge in [0, 0.05) is 24.6 Å². The number of nitriles is 1. The van der Waals surface area contributed by atoms with E-state index in [0.29, 0.717) is 23.7 Å². The Labute approximate surface area is 118 Å². The SMILES string of the molecule is C[C@@H]1C[C@@H]1C(=O)NCCC(=O)Nc1cccc(C#N)c1. The molecular weight excluding hydrogens is 254 g/mol. The summed E-state index contributed by atoms with van der Waals surface area (Å²) in [6.07, 6.45) is 1.17. The minimum atomic E-state index is -0.177. The van der Waals surface area contributed by atoms with Crippen LogP contribution in [0.25, 0.3) is 0 Å². The van der Waals surface area contributed by atoms with Crippen molar-refractivity contribution in [2.45, 2.75) is 19.8 Å². The first-order chi connectivity index (χ1) is 9.60. The largest absolute Gasteiger partial charge is 0.355 e. The number of carbonyl (C=O) groups is 2. The number of carbonyl (C=O) groups excluding carboxylic acids is 2. The molecule has 0 aliphatic heterocycles. The van der Waals surface area contributed by atoms with Crippen LogP contribution in [0.4, 0.5) is 5.69 Å². The van der Waals surface area contributed by atoms with Crippen molar-refractivity contribution in [3.63, 3.8) is 0 Å². The number of nitrogens with zero attached hydrogens (tertiary/aromatic N) is 1. The zero-order valence-electron chi connectivity index (χ0n) is 11.3. The predicted molar refractivity (Wildman–Crippen MR) is 74.7 cm³/mol. The molecule has 2 amide bonds. The van der Waals surface area contributed by atoms with Gasteiger partial charge in [0.15, 0.2) is 0 Å². The predicted octanol–water partition coefficient (Wildman–Crippen LogP) is 1.66. The lowest BCUT2D eigenvalue weighted by atomic mass is 10.2. The van der Waals surface area contributed by atoms with Crippen molar-refractivity contribution < 1.29 is 9.59 Å². The molecule has 1 saturated carbocycles. The Balaban J connectivity index is 1.72. The van der Waals surface area contributed by atoms with E-state index in [1.54, 1.807) is 24.3 Å². The van der Waals surface area contributed by atoms with E-state index in [1.165, 1.54) is 0 Å². The van der Waals surface area contributed by atoms with Crippen LogP contribution in [-0.4, -0.2) is 18.4 Å². The highest BCUT2D eigenvalue weighted by atomic mass is 16.2. The average molecular weight is 271 g/mol. The Morgan fingerprint density at radius 1 is 1.45 bits per heavy atom. The number of anilines is 1. The summed E-state index contributed by atoms with van der Waals surface area (Å²) in [4.78, 5) is 23.3. The van der Waals surface area contributed by atoms with Gasteiger partial charge in [0.2, 0.25) is 11.8 Å². The standard InChI is InChI=1S/C15H17N3O2/c1-10-7-13(10)15(20)17-6-5-14(19)18-12-4-2-3-11(8-12)9-16/h2-4,8,10,13H,5-7H2,1H3,(H,17,20)(H,18,19)/t10-,13+/m1/s1. The number of benzene rings is 1. The Hall–Kier alpha value is -2.35. The van der Waals surface area contributed by atoms with Gasteiger partial charge in [-0.1, -0.05) is 13.0 Å². The highest BCUT2D eigenvalue weighted by Crippen LogP contribution is 2.37. The molecule has 1 aliphatic rings. The van der Waals surface area contributed by atoms with E-state index in [-0.39, 0.29) is 24.2 Å². The maximum absolute atomic E-state index is 11.7. The van der Waals surface area contributed by atoms with Gasteiger partial charge in [0.25, 0.3) is 0 Å². The molecule has 0 aromatic heterocycles. The van der Waals surface area contributed by atoms with Crippen LogP contribution in [0.3, 0.4) is 0 Å². The molecule has 0 spiro atoms. The first-order valence-corrected chi connectivity index (χ1v) is 6.68. The Kier molecular flexibility index (Phi) is 4.36. The molecule has 1 aromatic rings. The number of hydrogen-bond donors (Lipinski definition) is 2. The first kappa shape index (κ1) is 14.1. The minimum Gasteiger partial charge on any atom is -0.355 e. The Bertz CT molecular complexity index is 562. The smallest absolute Gasteiger partial charge is 0.226 e. The summed E-state index contributed by atoms with van der Waals surface area (Å²) in [7, 11) is 0. The van der Waals surface area contributed by atoms with E-state index >= 15 is 0 Å². The topological polar surface area (TPSA) is 82.0 Å². The normalized spacial score (nSPS) is 19.8. The third-order valence-electron chi connectivity index (χ3n) is 3.37. The van der Waals surface area contributed by atoms with Crippen LogP contribution in [-0.2, 0) is 9.59 Å². The van der Waals surface area contributed by atoms with Crippen molar-refractivity contribution in [3.8, 4) is 6.07 Å². The van der Waals surface area contributed by atoms with Gasteiger partial charge in [0.05, 0.1) is 11.6 Å². The maximum Gasteiger partial charge on any atom is 0.226 e. The van der Waals surface area contributed by atoms with Crippen molar-refractivity contribution in [2.24, 2.45) is 11.8 Å². The highest BCUT2D eigenvalue weighted by Gasteiger charge is 2.38. The summed E-state index contributed by atoms with van der Waals surface area (Å²) in [6, 6.07) is 8.74. The third kappa shape index (κ3) is 3.82. The summed E-state index contributed by atoms with van der Waals surface area (Å²) in [5.74, 6) is 0.462. The lowest BCUT2D eigenvalue weighted by molar-refractivity contribution is -0.122. The number of hydrogen-bond acceptors (Lipinski definition) is 3. The second kappa shape index (κ2) is 6.20. The fraction of sp³-hybridized carbons (Fsp3) is 0.400. The van der Waals surface area contributed by atoms with E-state index < -0.39 is 0 Å². The third-order valence-corrected chi connectivity index (χ3v) is 3.37. The van der Waals surface area contributed by atoms with Crippen molar-refractivity contribution in [1.82, 2.24) is 5.32 Å². The van der Waals surface area contributed by atoms with Crippen LogP contribution in [0.5, 0.6) is 0 Å². The monoisotopic (exact) mass is 271 g/mol. The zero-order valence-corrected chi connectivity index (χ0v) is 11.3. The Morgan fingerprint density at radius 2 is 2.20 bits per heavy atom. The summed E-state index contributed by atoms with van der Waals surface area (Å²) >= 11 is 0. The minimum absolute atomic E-state index is 0.0387. The lowest BCUT2D eigenvalue weighted by Gasteiger charge is -2.06. The van der Waals surface area contributed by atoms with Crippen LogP contribution in [0.1, 0.15) is 25.3 Å². The second-order valence-electron chi connectivity index (χ2n) is 5.10. The van der Waals surface area contributed by atoms with E-state index in [9.17, 15) is 9.59 Å². The molecule has 0 bridgehead atoms. The molecule has 5 nitrogen and oxygen atoms in total. The summed E-state index contributed by atoms with van der Waals surface area (Å²) in [5, 5.41) is 14.2. The van der Waals surface area contributed by atoms with Gasteiger partial charge in [-0.3, -0.25) is 9.59 Å². The second-order valence-corrected chi connectivity index (χ2v) is 5.10. The van der Waals surface area contributed by atoms with E-state index in [1.807, 2.05) is 13.0 Å². The molecule has 1 aromatic carbocycles. The molecular formula is C15H17N3O2. The molecule has 2 rings (SSSR count). The maximum atomic E-state index is 11.7. The van der Waals surface area contributed by atoms with Gasteiger partial charge < -0.3 is 10.6 Å². The fourth-order valence-corrected chi connectivity index (χ4v) is 2.01. The number of rotatable bonds is 5. The number of nitrogens with one attached hydrogen (secondary N) is 2. The zero-order chi connectivity index (χ0) is 14.5. The molecule has 104 valence electrons. The van der Waals surface area contributed by atoms with Crippen LogP contribution < -0.4 is 10.6 Å². The van der Waals surface area contributed by atoms with Gasteiger partial charge in [-0.05, 0) is 30.5 Å². The van der Waals surface area contributed by atoms with Gasteiger partial charge in [0.1, 0.15) is 0 Å². The van der Waals surface area contributed by atoms with E-state index in [0.717, 1.165) is 6.42 Å². The van der Waals surface area contributed by atoms with Gasteiger partial charge in [-0.25, -0.2) is 0 Å². The molecule has 0 heterocycles. The van der Waals surface area contributed by atoms with Crippen molar-refractivity contribution in [1.29, 1.82) is 5.26 Å². The molecule has 5 heteroatoms. The average Bonchev–Trinajstić information content (AvgIpc) is 3.16. The molecule has 2 N–H and O–H groups in total. The van der Waals surface area contributed by atoms with Crippen molar-refractivity contribution >= 4 is 17.5 Å². The lowest BCUT2D eigenvalue weighted by Crippen LogP contribution is -2.29. The van der Waals surface area contributed by atoms with E-state index in [4.69, 9.17) is 5.26 Å². The quantitative estimate of drug-likeness (QED) is 0.854. The summed E-state index contributed by atoms with van der Waals surface area (Å²) < 4.78 is 0. The molecule has 1 fully saturated rings. The Morgan fingerprint density at radius 3 is 2.85 bits per heavy atom. The van der Waals surface area contributed by atoms with Gasteiger partial charge in [-0.15, -0.1) is 0 Å². The van der Waals surface area contributed by atoms with E-state index in [2.05, 4.69) is 10.6 Å². The summed E-state index contributed by atoms with van der Waals surface area (Å²) in [5.41, 5.74) is 1.09. The fourth-order valence-electron chi connectivity index (χ4n) is 2.01.